The second-order valence-corrected chi connectivity index (χ2v) is 9.13. The zero-order chi connectivity index (χ0) is 18.7. The van der Waals surface area contributed by atoms with Gasteiger partial charge in [-0.3, -0.25) is 10.1 Å². The molecule has 7 heteroatoms. The number of sulfone groups is 1. The molecule has 1 aromatic heterocycles. The second kappa shape index (κ2) is 7.39. The van der Waals surface area contributed by atoms with Crippen molar-refractivity contribution in [2.45, 2.75) is 12.7 Å². The molecule has 0 bridgehead atoms. The smallest absolute Gasteiger partial charge is 0.257 e. The molecule has 0 saturated heterocycles. The van der Waals surface area contributed by atoms with Crippen LogP contribution in [0, 0.1) is 6.92 Å². The Morgan fingerprint density at radius 3 is 2.58 bits per heavy atom. The van der Waals surface area contributed by atoms with Crippen LogP contribution in [0.25, 0.3) is 11.3 Å². The molecule has 0 aliphatic heterocycles. The van der Waals surface area contributed by atoms with Gasteiger partial charge < -0.3 is 0 Å². The highest BCUT2D eigenvalue weighted by Gasteiger charge is 2.12. The summed E-state index contributed by atoms with van der Waals surface area (Å²) in [4.78, 5) is 16.9. The van der Waals surface area contributed by atoms with E-state index in [0.717, 1.165) is 11.3 Å². The number of nitrogens with one attached hydrogen (secondary N) is 1. The van der Waals surface area contributed by atoms with Gasteiger partial charge in [0.1, 0.15) is 0 Å². The predicted molar refractivity (Wildman–Crippen MR) is 105 cm³/mol. The molecule has 2 aromatic carbocycles. The zero-order valence-corrected chi connectivity index (χ0v) is 16.0. The molecular formula is C19H18N2O3S2. The van der Waals surface area contributed by atoms with E-state index >= 15 is 0 Å². The fourth-order valence-corrected chi connectivity index (χ4v) is 3.96. The third-order valence-electron chi connectivity index (χ3n) is 3.69. The minimum Gasteiger partial charge on any atom is -0.298 e. The number of carbonyl (C=O) groups excluding carboxylic acids is 1. The van der Waals surface area contributed by atoms with E-state index < -0.39 is 9.84 Å². The Balaban J connectivity index is 1.74. The maximum absolute atomic E-state index is 12.4. The Bertz CT molecular complexity index is 1040. The van der Waals surface area contributed by atoms with Crippen molar-refractivity contribution in [2.24, 2.45) is 0 Å². The molecule has 1 N–H and O–H groups in total. The summed E-state index contributed by atoms with van der Waals surface area (Å²) in [5.74, 6) is -0.409. The fourth-order valence-electron chi connectivity index (χ4n) is 2.46. The molecule has 1 heterocycles. The molecule has 3 rings (SSSR count). The molecule has 0 aliphatic rings. The highest BCUT2D eigenvalue weighted by atomic mass is 32.2. The summed E-state index contributed by atoms with van der Waals surface area (Å²) in [6.45, 7) is 2.02. The van der Waals surface area contributed by atoms with E-state index in [1.165, 1.54) is 23.2 Å². The summed E-state index contributed by atoms with van der Waals surface area (Å²) in [6.07, 6.45) is 1.17. The largest absolute Gasteiger partial charge is 0.298 e. The standard InChI is InChI=1S/C19H18N2O3S2/c1-13-6-8-15(9-7-13)17-11-25-19(20-17)21-18(22)16-5-3-4-14(10-16)12-26(2,23)24/h3-11H,12H2,1-2H3,(H,20,21,22). The average Bonchev–Trinajstić information content (AvgIpc) is 3.02. The van der Waals surface area contributed by atoms with Crippen LogP contribution in [0.4, 0.5) is 5.13 Å². The van der Waals surface area contributed by atoms with Gasteiger partial charge in [-0.2, -0.15) is 0 Å². The van der Waals surface area contributed by atoms with Crippen LogP contribution in [0.1, 0.15) is 21.5 Å². The van der Waals surface area contributed by atoms with Gasteiger partial charge in [0.2, 0.25) is 0 Å². The van der Waals surface area contributed by atoms with Crippen molar-refractivity contribution in [2.75, 3.05) is 11.6 Å². The van der Waals surface area contributed by atoms with Crippen LogP contribution in [0.3, 0.4) is 0 Å². The predicted octanol–water partition coefficient (Wildman–Crippen LogP) is 3.92. The topological polar surface area (TPSA) is 76.1 Å². The summed E-state index contributed by atoms with van der Waals surface area (Å²) < 4.78 is 22.8. The van der Waals surface area contributed by atoms with Crippen LogP contribution in [-0.4, -0.2) is 25.6 Å². The zero-order valence-electron chi connectivity index (χ0n) is 14.4. The Morgan fingerprint density at radius 1 is 1.15 bits per heavy atom. The second-order valence-electron chi connectivity index (χ2n) is 6.13. The number of thiazole rings is 1. The number of amides is 1. The number of rotatable bonds is 5. The molecule has 0 radical (unpaired) electrons. The maximum Gasteiger partial charge on any atom is 0.257 e. The molecule has 1 amide bonds. The van der Waals surface area contributed by atoms with Crippen LogP contribution >= 0.6 is 11.3 Å². The SMILES string of the molecule is Cc1ccc(-c2csc(NC(=O)c3cccc(CS(C)(=O)=O)c3)n2)cc1. The van der Waals surface area contributed by atoms with Crippen LogP contribution in [0.5, 0.6) is 0 Å². The first-order chi connectivity index (χ1) is 12.3. The summed E-state index contributed by atoms with van der Waals surface area (Å²) in [6, 6.07) is 14.6. The van der Waals surface area contributed by atoms with Crippen molar-refractivity contribution >= 4 is 32.2 Å². The summed E-state index contributed by atoms with van der Waals surface area (Å²) in [7, 11) is -3.15. The monoisotopic (exact) mass is 386 g/mol. The first-order valence-corrected chi connectivity index (χ1v) is 10.8. The number of nitrogens with zero attached hydrogens (tertiary/aromatic N) is 1. The molecule has 0 aliphatic carbocycles. The number of carbonyl (C=O) groups is 1. The van der Waals surface area contributed by atoms with Gasteiger partial charge in [-0.15, -0.1) is 11.3 Å². The molecule has 0 atom stereocenters. The molecule has 5 nitrogen and oxygen atoms in total. The van der Waals surface area contributed by atoms with E-state index in [4.69, 9.17) is 0 Å². The maximum atomic E-state index is 12.4. The Morgan fingerprint density at radius 2 is 1.88 bits per heavy atom. The highest BCUT2D eigenvalue weighted by molar-refractivity contribution is 7.89. The van der Waals surface area contributed by atoms with Crippen LogP contribution in [0.15, 0.2) is 53.9 Å². The summed E-state index contributed by atoms with van der Waals surface area (Å²) in [5.41, 5.74) is 3.95. The highest BCUT2D eigenvalue weighted by Crippen LogP contribution is 2.25. The Labute approximate surface area is 156 Å². The van der Waals surface area contributed by atoms with Crippen LogP contribution < -0.4 is 5.32 Å². The summed E-state index contributed by atoms with van der Waals surface area (Å²) in [5, 5.41) is 5.16. The molecule has 3 aromatic rings. The lowest BCUT2D eigenvalue weighted by Crippen LogP contribution is -2.12. The number of hydrogen-bond acceptors (Lipinski definition) is 5. The number of aryl methyl sites for hydroxylation is 1. The minimum atomic E-state index is -3.15. The lowest BCUT2D eigenvalue weighted by atomic mass is 10.1. The molecule has 0 fully saturated rings. The minimum absolute atomic E-state index is 0.0943. The quantitative estimate of drug-likeness (QED) is 0.721. The number of anilines is 1. The molecule has 26 heavy (non-hydrogen) atoms. The van der Waals surface area contributed by atoms with Gasteiger partial charge in [0.25, 0.3) is 5.91 Å². The van der Waals surface area contributed by atoms with Gasteiger partial charge in [-0.05, 0) is 24.6 Å². The first kappa shape index (κ1) is 18.3. The van der Waals surface area contributed by atoms with Gasteiger partial charge in [0.05, 0.1) is 11.4 Å². The summed E-state index contributed by atoms with van der Waals surface area (Å²) >= 11 is 1.35. The van der Waals surface area contributed by atoms with E-state index in [0.29, 0.717) is 16.3 Å². The number of hydrogen-bond donors (Lipinski definition) is 1. The van der Waals surface area contributed by atoms with Gasteiger partial charge in [-0.25, -0.2) is 13.4 Å². The van der Waals surface area contributed by atoms with Crippen molar-refractivity contribution in [1.29, 1.82) is 0 Å². The molecule has 0 unspecified atom stereocenters. The molecular weight excluding hydrogens is 368 g/mol. The number of aromatic nitrogens is 1. The van der Waals surface area contributed by atoms with E-state index in [9.17, 15) is 13.2 Å². The Kier molecular flexibility index (Phi) is 5.20. The Hall–Kier alpha value is -2.51. The lowest BCUT2D eigenvalue weighted by Gasteiger charge is -2.04. The van der Waals surface area contributed by atoms with Crippen molar-refractivity contribution in [1.82, 2.24) is 4.98 Å². The third-order valence-corrected chi connectivity index (χ3v) is 5.31. The van der Waals surface area contributed by atoms with Gasteiger partial charge in [-0.1, -0.05) is 42.0 Å². The third kappa shape index (κ3) is 4.77. The van der Waals surface area contributed by atoms with Crippen LogP contribution in [0.2, 0.25) is 0 Å². The molecule has 134 valence electrons. The van der Waals surface area contributed by atoms with E-state index in [2.05, 4.69) is 10.3 Å². The lowest BCUT2D eigenvalue weighted by molar-refractivity contribution is 0.102. The van der Waals surface area contributed by atoms with Crippen molar-refractivity contribution in [3.63, 3.8) is 0 Å². The first-order valence-electron chi connectivity index (χ1n) is 7.91. The van der Waals surface area contributed by atoms with E-state index in [1.807, 2.05) is 36.6 Å². The van der Waals surface area contributed by atoms with Crippen molar-refractivity contribution in [3.05, 3.63) is 70.6 Å². The molecule has 0 saturated carbocycles. The van der Waals surface area contributed by atoms with Crippen LogP contribution in [-0.2, 0) is 15.6 Å². The van der Waals surface area contributed by atoms with Gasteiger partial charge >= 0.3 is 0 Å². The van der Waals surface area contributed by atoms with Crippen molar-refractivity contribution in [3.8, 4) is 11.3 Å². The van der Waals surface area contributed by atoms with E-state index in [1.54, 1.807) is 24.3 Å². The average molecular weight is 386 g/mol. The normalized spacial score (nSPS) is 11.3. The van der Waals surface area contributed by atoms with E-state index in [-0.39, 0.29) is 11.7 Å². The molecule has 0 spiro atoms. The fraction of sp³-hybridized carbons (Fsp3) is 0.158. The number of benzene rings is 2. The van der Waals surface area contributed by atoms with Gasteiger partial charge in [0, 0.05) is 22.8 Å². The van der Waals surface area contributed by atoms with Crippen molar-refractivity contribution < 1.29 is 13.2 Å². The van der Waals surface area contributed by atoms with Gasteiger partial charge in [0.15, 0.2) is 15.0 Å².